The van der Waals surface area contributed by atoms with Gasteiger partial charge in [0.1, 0.15) is 6.04 Å². The second-order valence-corrected chi connectivity index (χ2v) is 6.65. The second kappa shape index (κ2) is 8.14. The van der Waals surface area contributed by atoms with Gasteiger partial charge in [-0.15, -0.1) is 0 Å². The van der Waals surface area contributed by atoms with Gasteiger partial charge in [0, 0.05) is 37.0 Å². The molecule has 1 unspecified atom stereocenters. The Balaban J connectivity index is 1.89. The maximum absolute atomic E-state index is 12.9. The predicted octanol–water partition coefficient (Wildman–Crippen LogP) is 2.33. The minimum absolute atomic E-state index is 0.142. The van der Waals surface area contributed by atoms with Crippen molar-refractivity contribution in [3.8, 4) is 11.1 Å². The molecule has 0 aliphatic carbocycles. The summed E-state index contributed by atoms with van der Waals surface area (Å²) in [7, 11) is 1.75. The summed E-state index contributed by atoms with van der Waals surface area (Å²) in [5, 5.41) is 2.77. The molecular weight excluding hydrogens is 382 g/mol. The van der Waals surface area contributed by atoms with Gasteiger partial charge in [-0.2, -0.15) is 0 Å². The van der Waals surface area contributed by atoms with E-state index in [1.54, 1.807) is 54.3 Å². The molecule has 0 aliphatic heterocycles. The molecule has 144 valence electrons. The summed E-state index contributed by atoms with van der Waals surface area (Å²) in [6.07, 6.45) is 4.88. The van der Waals surface area contributed by atoms with Gasteiger partial charge in [0.25, 0.3) is 11.8 Å². The number of aryl methyl sites for hydroxylation is 1. The van der Waals surface area contributed by atoms with Crippen LogP contribution in [0.4, 0.5) is 0 Å². The maximum atomic E-state index is 12.9. The average Bonchev–Trinajstić information content (AvgIpc) is 3.26. The Bertz CT molecular complexity index is 1020. The molecule has 28 heavy (non-hydrogen) atoms. The summed E-state index contributed by atoms with van der Waals surface area (Å²) in [5.41, 5.74) is 7.34. The summed E-state index contributed by atoms with van der Waals surface area (Å²) in [4.78, 5) is 36.6. The van der Waals surface area contributed by atoms with Crippen LogP contribution < -0.4 is 11.1 Å². The minimum atomic E-state index is -1.10. The lowest BCUT2D eigenvalue weighted by atomic mass is 10.0. The largest absolute Gasteiger partial charge is 0.452 e. The van der Waals surface area contributed by atoms with Crippen LogP contribution in [-0.4, -0.2) is 28.2 Å². The molecule has 3 rings (SSSR count). The number of halogens is 1. The number of carbonyl (C=O) groups excluding carboxylic acids is 3. The fourth-order valence-electron chi connectivity index (χ4n) is 2.93. The molecule has 2 heterocycles. The Kier molecular flexibility index (Phi) is 5.65. The second-order valence-electron chi connectivity index (χ2n) is 6.30. The number of ketones is 1. The topological polar surface area (TPSA) is 107 Å². The first-order chi connectivity index (χ1) is 13.4. The van der Waals surface area contributed by atoms with E-state index >= 15 is 0 Å². The van der Waals surface area contributed by atoms with Crippen LogP contribution in [0.2, 0.25) is 5.22 Å². The Hall–Kier alpha value is -3.32. The van der Waals surface area contributed by atoms with Gasteiger partial charge in [-0.3, -0.25) is 14.4 Å². The number of hydrogen-bond donors (Lipinski definition) is 2. The first kappa shape index (κ1) is 19.4. The third-order valence-corrected chi connectivity index (χ3v) is 4.55. The van der Waals surface area contributed by atoms with Crippen molar-refractivity contribution in [1.82, 2.24) is 9.88 Å². The Morgan fingerprint density at radius 3 is 2.46 bits per heavy atom. The molecular formula is C20H18ClN3O4. The Morgan fingerprint density at radius 2 is 1.86 bits per heavy atom. The van der Waals surface area contributed by atoms with E-state index in [0.29, 0.717) is 16.7 Å². The molecule has 2 amide bonds. The molecule has 3 N–H and O–H groups in total. The third kappa shape index (κ3) is 4.15. The molecule has 0 bridgehead atoms. The summed E-state index contributed by atoms with van der Waals surface area (Å²) in [6.45, 7) is 0. The number of furan rings is 1. The van der Waals surface area contributed by atoms with Gasteiger partial charge in [-0.25, -0.2) is 0 Å². The highest BCUT2D eigenvalue weighted by Crippen LogP contribution is 2.32. The van der Waals surface area contributed by atoms with Crippen molar-refractivity contribution in [2.75, 3.05) is 0 Å². The summed E-state index contributed by atoms with van der Waals surface area (Å²) in [5.74, 6) is -2.49. The lowest BCUT2D eigenvalue weighted by Gasteiger charge is -2.16. The van der Waals surface area contributed by atoms with E-state index in [9.17, 15) is 14.4 Å². The molecule has 0 spiro atoms. The number of benzene rings is 1. The molecule has 2 aromatic heterocycles. The van der Waals surface area contributed by atoms with Gasteiger partial charge < -0.3 is 20.0 Å². The lowest BCUT2D eigenvalue weighted by molar-refractivity contribution is -0.137. The number of nitrogens with one attached hydrogen (secondary N) is 1. The fraction of sp³-hybridized carbons (Fsp3) is 0.150. The van der Waals surface area contributed by atoms with Crippen LogP contribution in [0.25, 0.3) is 11.1 Å². The number of hydrogen-bond acceptors (Lipinski definition) is 4. The predicted molar refractivity (Wildman–Crippen MR) is 104 cm³/mol. The monoisotopic (exact) mass is 399 g/mol. The van der Waals surface area contributed by atoms with Gasteiger partial charge in [-0.1, -0.05) is 30.3 Å². The SMILES string of the molecule is Cn1cc(C(=O)NC(Cc2ccccc2)C(=O)C(N)=O)c(-c2ccoc2Cl)c1. The van der Waals surface area contributed by atoms with Crippen LogP contribution in [0.1, 0.15) is 15.9 Å². The van der Waals surface area contributed by atoms with E-state index in [4.69, 9.17) is 21.8 Å². The smallest absolute Gasteiger partial charge is 0.287 e. The van der Waals surface area contributed by atoms with E-state index in [2.05, 4.69) is 5.32 Å². The number of rotatable bonds is 7. The van der Waals surface area contributed by atoms with Crippen LogP contribution in [0.15, 0.2) is 59.5 Å². The first-order valence-electron chi connectivity index (χ1n) is 8.44. The van der Waals surface area contributed by atoms with Crippen LogP contribution in [0.5, 0.6) is 0 Å². The Labute approximate surface area is 166 Å². The normalized spacial score (nSPS) is 11.8. The van der Waals surface area contributed by atoms with E-state index in [0.717, 1.165) is 5.56 Å². The number of nitrogens with two attached hydrogens (primary N) is 1. The minimum Gasteiger partial charge on any atom is -0.452 e. The Morgan fingerprint density at radius 1 is 1.14 bits per heavy atom. The van der Waals surface area contributed by atoms with Crippen molar-refractivity contribution < 1.29 is 18.8 Å². The van der Waals surface area contributed by atoms with Crippen LogP contribution in [0, 0.1) is 0 Å². The van der Waals surface area contributed by atoms with Crippen molar-refractivity contribution in [3.05, 3.63) is 71.4 Å². The van der Waals surface area contributed by atoms with Gasteiger partial charge in [0.05, 0.1) is 11.8 Å². The number of aromatic nitrogens is 1. The van der Waals surface area contributed by atoms with E-state index in [1.807, 2.05) is 6.07 Å². The highest BCUT2D eigenvalue weighted by molar-refractivity contribution is 6.38. The molecule has 0 fully saturated rings. The van der Waals surface area contributed by atoms with Gasteiger partial charge in [-0.05, 0) is 23.2 Å². The number of Topliss-reactive ketones (excluding diaryl/α,β-unsaturated/α-hetero) is 1. The van der Waals surface area contributed by atoms with Crippen LogP contribution in [0.3, 0.4) is 0 Å². The highest BCUT2D eigenvalue weighted by Gasteiger charge is 2.27. The zero-order valence-corrected chi connectivity index (χ0v) is 15.8. The maximum Gasteiger partial charge on any atom is 0.287 e. The number of primary amides is 1. The standard InChI is InChI=1S/C20H18ClN3O4/c1-24-10-14(13-7-8-28-18(13)21)15(11-24)20(27)23-16(17(25)19(22)26)9-12-5-3-2-4-6-12/h2-8,10-11,16H,9H2,1H3,(H2,22,26)(H,23,27). The molecule has 0 saturated carbocycles. The van der Waals surface area contributed by atoms with E-state index in [1.165, 1.54) is 6.26 Å². The van der Waals surface area contributed by atoms with Gasteiger partial charge in [0.15, 0.2) is 0 Å². The first-order valence-corrected chi connectivity index (χ1v) is 8.82. The molecule has 1 aromatic carbocycles. The van der Waals surface area contributed by atoms with E-state index in [-0.39, 0.29) is 11.6 Å². The number of nitrogens with zero attached hydrogens (tertiary/aromatic N) is 1. The summed E-state index contributed by atoms with van der Waals surface area (Å²) in [6, 6.07) is 9.60. The summed E-state index contributed by atoms with van der Waals surface area (Å²) >= 11 is 6.04. The number of amides is 2. The van der Waals surface area contributed by atoms with Crippen molar-refractivity contribution in [2.24, 2.45) is 12.8 Å². The molecule has 0 radical (unpaired) electrons. The molecule has 7 nitrogen and oxygen atoms in total. The van der Waals surface area contributed by atoms with Gasteiger partial charge >= 0.3 is 0 Å². The van der Waals surface area contributed by atoms with Crippen molar-refractivity contribution in [2.45, 2.75) is 12.5 Å². The van der Waals surface area contributed by atoms with Crippen molar-refractivity contribution >= 4 is 29.2 Å². The third-order valence-electron chi connectivity index (χ3n) is 4.26. The van der Waals surface area contributed by atoms with Crippen LogP contribution in [-0.2, 0) is 23.1 Å². The zero-order valence-electron chi connectivity index (χ0n) is 15.0. The van der Waals surface area contributed by atoms with Gasteiger partial charge in [0.2, 0.25) is 11.0 Å². The molecule has 0 saturated heterocycles. The highest BCUT2D eigenvalue weighted by atomic mass is 35.5. The lowest BCUT2D eigenvalue weighted by Crippen LogP contribution is -2.47. The zero-order chi connectivity index (χ0) is 20.3. The van der Waals surface area contributed by atoms with Crippen molar-refractivity contribution in [1.29, 1.82) is 0 Å². The van der Waals surface area contributed by atoms with Crippen LogP contribution >= 0.6 is 11.6 Å². The van der Waals surface area contributed by atoms with Crippen molar-refractivity contribution in [3.63, 3.8) is 0 Å². The molecule has 8 heteroatoms. The average molecular weight is 400 g/mol. The molecule has 3 aromatic rings. The molecule has 1 atom stereocenters. The quantitative estimate of drug-likeness (QED) is 0.594. The summed E-state index contributed by atoms with van der Waals surface area (Å²) < 4.78 is 6.79. The molecule has 0 aliphatic rings. The van der Waals surface area contributed by atoms with E-state index < -0.39 is 23.6 Å². The fourth-order valence-corrected chi connectivity index (χ4v) is 3.15. The number of carbonyl (C=O) groups is 3.